The maximum atomic E-state index is 12.4. The van der Waals surface area contributed by atoms with Crippen molar-refractivity contribution >= 4 is 11.6 Å². The third-order valence-corrected chi connectivity index (χ3v) is 4.13. The van der Waals surface area contributed by atoms with Crippen LogP contribution in [0.1, 0.15) is 12.5 Å². The molecule has 0 saturated carbocycles. The summed E-state index contributed by atoms with van der Waals surface area (Å²) in [6, 6.07) is 8.71. The highest BCUT2D eigenvalue weighted by atomic mass is 16.2. The van der Waals surface area contributed by atoms with E-state index in [-0.39, 0.29) is 5.91 Å². The Hall–Kier alpha value is -1.55. The van der Waals surface area contributed by atoms with E-state index >= 15 is 0 Å². The lowest BCUT2D eigenvalue weighted by Gasteiger charge is -2.35. The molecule has 1 fully saturated rings. The molecule has 102 valence electrons. The number of nitrogens with one attached hydrogen (secondary N) is 1. The van der Waals surface area contributed by atoms with Crippen LogP contribution in [0.25, 0.3) is 0 Å². The predicted octanol–water partition coefficient (Wildman–Crippen LogP) is 0.869. The molecule has 1 saturated heterocycles. The zero-order chi connectivity index (χ0) is 13.2. The standard InChI is InChI=1S/C15H21N3O/c1-12-10-16-7-9-18(12)15(19)11-17-8-6-13-4-2-3-5-14(13)17/h2-5,12,16H,6-11H2,1H3/t12-/m1/s1. The van der Waals surface area contributed by atoms with Crippen molar-refractivity contribution in [2.75, 3.05) is 37.6 Å². The highest BCUT2D eigenvalue weighted by Crippen LogP contribution is 2.27. The summed E-state index contributed by atoms with van der Waals surface area (Å²) in [6.07, 6.45) is 1.06. The summed E-state index contributed by atoms with van der Waals surface area (Å²) in [6.45, 7) is 6.24. The van der Waals surface area contributed by atoms with Crippen LogP contribution in [-0.2, 0) is 11.2 Å². The molecule has 3 rings (SSSR count). The molecule has 1 aromatic rings. The molecule has 0 bridgehead atoms. The summed E-state index contributed by atoms with van der Waals surface area (Å²) >= 11 is 0. The SMILES string of the molecule is C[C@@H]1CNCCN1C(=O)CN1CCc2ccccc21. The fraction of sp³-hybridized carbons (Fsp3) is 0.533. The summed E-state index contributed by atoms with van der Waals surface area (Å²) < 4.78 is 0. The first-order valence-electron chi connectivity index (χ1n) is 7.09. The minimum absolute atomic E-state index is 0.255. The maximum Gasteiger partial charge on any atom is 0.242 e. The van der Waals surface area contributed by atoms with Crippen molar-refractivity contribution in [1.29, 1.82) is 0 Å². The normalized spacial score (nSPS) is 22.5. The Morgan fingerprint density at radius 3 is 3.05 bits per heavy atom. The number of carbonyl (C=O) groups excluding carboxylic acids is 1. The van der Waals surface area contributed by atoms with Gasteiger partial charge in [-0.25, -0.2) is 0 Å². The van der Waals surface area contributed by atoms with E-state index in [0.29, 0.717) is 12.6 Å². The van der Waals surface area contributed by atoms with Crippen molar-refractivity contribution in [3.05, 3.63) is 29.8 Å². The van der Waals surface area contributed by atoms with Gasteiger partial charge in [0.25, 0.3) is 0 Å². The van der Waals surface area contributed by atoms with E-state index < -0.39 is 0 Å². The van der Waals surface area contributed by atoms with E-state index in [1.807, 2.05) is 4.90 Å². The quantitative estimate of drug-likeness (QED) is 0.856. The number of benzene rings is 1. The van der Waals surface area contributed by atoms with E-state index in [1.54, 1.807) is 0 Å². The largest absolute Gasteiger partial charge is 0.362 e. The lowest BCUT2D eigenvalue weighted by molar-refractivity contribution is -0.132. The number of nitrogens with zero attached hydrogens (tertiary/aromatic N) is 2. The molecule has 0 radical (unpaired) electrons. The number of carbonyl (C=O) groups is 1. The van der Waals surface area contributed by atoms with Gasteiger partial charge in [-0.1, -0.05) is 18.2 Å². The van der Waals surface area contributed by atoms with Gasteiger partial charge in [0.05, 0.1) is 6.54 Å². The van der Waals surface area contributed by atoms with Gasteiger partial charge in [-0.15, -0.1) is 0 Å². The summed E-state index contributed by atoms with van der Waals surface area (Å²) in [5, 5.41) is 3.32. The van der Waals surface area contributed by atoms with E-state index in [9.17, 15) is 4.79 Å². The second-order valence-electron chi connectivity index (χ2n) is 5.44. The molecule has 1 amide bonds. The lowest BCUT2D eigenvalue weighted by Crippen LogP contribution is -2.54. The second kappa shape index (κ2) is 5.21. The maximum absolute atomic E-state index is 12.4. The third kappa shape index (κ3) is 2.45. The van der Waals surface area contributed by atoms with E-state index in [1.165, 1.54) is 11.3 Å². The molecular weight excluding hydrogens is 238 g/mol. The number of amides is 1. The first kappa shape index (κ1) is 12.5. The van der Waals surface area contributed by atoms with Gasteiger partial charge < -0.3 is 15.1 Å². The molecule has 0 unspecified atom stereocenters. The van der Waals surface area contributed by atoms with Crippen molar-refractivity contribution in [2.24, 2.45) is 0 Å². The first-order chi connectivity index (χ1) is 9.25. The van der Waals surface area contributed by atoms with Crippen molar-refractivity contribution in [2.45, 2.75) is 19.4 Å². The summed E-state index contributed by atoms with van der Waals surface area (Å²) in [7, 11) is 0. The second-order valence-corrected chi connectivity index (χ2v) is 5.44. The molecule has 2 aliphatic rings. The Bertz CT molecular complexity index is 474. The molecule has 0 aromatic heterocycles. The van der Waals surface area contributed by atoms with Gasteiger partial charge in [0.2, 0.25) is 5.91 Å². The van der Waals surface area contributed by atoms with Crippen LogP contribution in [-0.4, -0.2) is 49.6 Å². The van der Waals surface area contributed by atoms with Crippen LogP contribution in [0.3, 0.4) is 0 Å². The minimum atomic E-state index is 0.255. The molecule has 4 heteroatoms. The molecule has 1 atom stereocenters. The summed E-state index contributed by atoms with van der Waals surface area (Å²) in [4.78, 5) is 16.7. The average molecular weight is 259 g/mol. The third-order valence-electron chi connectivity index (χ3n) is 4.13. The van der Waals surface area contributed by atoms with Crippen LogP contribution in [0.4, 0.5) is 5.69 Å². The Balaban J connectivity index is 1.67. The van der Waals surface area contributed by atoms with Gasteiger partial charge in [0.15, 0.2) is 0 Å². The van der Waals surface area contributed by atoms with Gasteiger partial charge >= 0.3 is 0 Å². The molecule has 0 aliphatic carbocycles. The van der Waals surface area contributed by atoms with Crippen molar-refractivity contribution in [1.82, 2.24) is 10.2 Å². The molecule has 2 heterocycles. The number of hydrogen-bond donors (Lipinski definition) is 1. The van der Waals surface area contributed by atoms with Gasteiger partial charge in [-0.2, -0.15) is 0 Å². The average Bonchev–Trinajstić information content (AvgIpc) is 2.83. The fourth-order valence-electron chi connectivity index (χ4n) is 3.04. The van der Waals surface area contributed by atoms with Crippen LogP contribution in [0.15, 0.2) is 24.3 Å². The Morgan fingerprint density at radius 2 is 2.21 bits per heavy atom. The molecule has 1 N–H and O–H groups in total. The van der Waals surface area contributed by atoms with Crippen molar-refractivity contribution < 1.29 is 4.79 Å². The molecular formula is C15H21N3O. The van der Waals surface area contributed by atoms with Crippen LogP contribution < -0.4 is 10.2 Å². The highest BCUT2D eigenvalue weighted by molar-refractivity contribution is 5.82. The van der Waals surface area contributed by atoms with Gasteiger partial charge in [0.1, 0.15) is 0 Å². The van der Waals surface area contributed by atoms with Gasteiger partial charge in [-0.05, 0) is 25.0 Å². The number of hydrogen-bond acceptors (Lipinski definition) is 3. The minimum Gasteiger partial charge on any atom is -0.362 e. The number of para-hydroxylation sites is 1. The van der Waals surface area contributed by atoms with Gasteiger partial charge in [-0.3, -0.25) is 4.79 Å². The first-order valence-corrected chi connectivity index (χ1v) is 7.09. The van der Waals surface area contributed by atoms with Crippen LogP contribution >= 0.6 is 0 Å². The monoisotopic (exact) mass is 259 g/mol. The zero-order valence-corrected chi connectivity index (χ0v) is 11.4. The highest BCUT2D eigenvalue weighted by Gasteiger charge is 2.26. The zero-order valence-electron chi connectivity index (χ0n) is 11.4. The smallest absolute Gasteiger partial charge is 0.242 e. The van der Waals surface area contributed by atoms with E-state index in [2.05, 4.69) is 41.4 Å². The molecule has 4 nitrogen and oxygen atoms in total. The van der Waals surface area contributed by atoms with Gasteiger partial charge in [0, 0.05) is 37.9 Å². The van der Waals surface area contributed by atoms with Crippen LogP contribution in [0.2, 0.25) is 0 Å². The molecule has 19 heavy (non-hydrogen) atoms. The van der Waals surface area contributed by atoms with Crippen molar-refractivity contribution in [3.8, 4) is 0 Å². The Labute approximate surface area is 114 Å². The van der Waals surface area contributed by atoms with Crippen molar-refractivity contribution in [3.63, 3.8) is 0 Å². The molecule has 2 aliphatic heterocycles. The fourth-order valence-corrected chi connectivity index (χ4v) is 3.04. The van der Waals surface area contributed by atoms with E-state index in [4.69, 9.17) is 0 Å². The summed E-state index contributed by atoms with van der Waals surface area (Å²) in [5.74, 6) is 0.255. The Morgan fingerprint density at radius 1 is 1.37 bits per heavy atom. The lowest BCUT2D eigenvalue weighted by atomic mass is 10.2. The molecule has 1 aromatic carbocycles. The topological polar surface area (TPSA) is 35.6 Å². The number of piperazine rings is 1. The number of fused-ring (bicyclic) bond motifs is 1. The predicted molar refractivity (Wildman–Crippen MR) is 76.4 cm³/mol. The Kier molecular flexibility index (Phi) is 3.42. The van der Waals surface area contributed by atoms with E-state index in [0.717, 1.165) is 32.6 Å². The van der Waals surface area contributed by atoms with Crippen LogP contribution in [0.5, 0.6) is 0 Å². The summed E-state index contributed by atoms with van der Waals surface area (Å²) in [5.41, 5.74) is 2.60. The van der Waals surface area contributed by atoms with Crippen LogP contribution in [0, 0.1) is 0 Å². The number of anilines is 1. The number of rotatable bonds is 2. The molecule has 0 spiro atoms.